The Labute approximate surface area is 59.8 Å². The Morgan fingerprint density at radius 2 is 2.25 bits per heavy atom. The fraction of sp³-hybridized carbons (Fsp3) is 0.333. The lowest BCUT2D eigenvalue weighted by Crippen LogP contribution is -1.74. The molecule has 0 radical (unpaired) electrons. The van der Waals surface area contributed by atoms with Gasteiger partial charge < -0.3 is 0 Å². The molecule has 0 fully saturated rings. The van der Waals surface area contributed by atoms with E-state index < -0.39 is 0 Å². The van der Waals surface area contributed by atoms with Gasteiger partial charge in [0, 0.05) is 10.9 Å². The van der Waals surface area contributed by atoms with Crippen LogP contribution < -0.4 is 0 Å². The molecule has 46 valence electrons. The average molecular weight is 151 g/mol. The largest absolute Gasteiger partial charge is 0.122 e. The minimum Gasteiger partial charge on any atom is -0.122 e. The van der Waals surface area contributed by atoms with E-state index in [2.05, 4.69) is 6.58 Å². The molecule has 0 amide bonds. The van der Waals surface area contributed by atoms with E-state index in [0.29, 0.717) is 10.9 Å². The van der Waals surface area contributed by atoms with Gasteiger partial charge in [0.2, 0.25) is 0 Å². The van der Waals surface area contributed by atoms with Crippen molar-refractivity contribution >= 4 is 23.2 Å². The molecule has 0 aliphatic heterocycles. The van der Waals surface area contributed by atoms with Gasteiger partial charge in [-0.05, 0) is 13.0 Å². The van der Waals surface area contributed by atoms with E-state index in [4.69, 9.17) is 23.2 Å². The van der Waals surface area contributed by atoms with E-state index in [9.17, 15) is 0 Å². The van der Waals surface area contributed by atoms with Gasteiger partial charge in [0.15, 0.2) is 0 Å². The quantitative estimate of drug-likeness (QED) is 0.420. The van der Waals surface area contributed by atoms with Gasteiger partial charge in [-0.2, -0.15) is 0 Å². The number of hydrogen-bond acceptors (Lipinski definition) is 0. The zero-order valence-electron chi connectivity index (χ0n) is 4.75. The second kappa shape index (κ2) is 3.99. The summed E-state index contributed by atoms with van der Waals surface area (Å²) in [7, 11) is 0. The van der Waals surface area contributed by atoms with Gasteiger partial charge in [-0.3, -0.25) is 0 Å². The number of rotatable bonds is 2. The Kier molecular flexibility index (Phi) is 4.02. The van der Waals surface area contributed by atoms with Crippen LogP contribution in [0.3, 0.4) is 0 Å². The predicted molar refractivity (Wildman–Crippen MR) is 39.5 cm³/mol. The van der Waals surface area contributed by atoms with E-state index in [1.807, 2.05) is 6.92 Å². The maximum Gasteiger partial charge on any atom is 0.0434 e. The Morgan fingerprint density at radius 3 is 2.38 bits per heavy atom. The van der Waals surface area contributed by atoms with Crippen molar-refractivity contribution < 1.29 is 0 Å². The minimum absolute atomic E-state index is 0.520. The predicted octanol–water partition coefficient (Wildman–Crippen LogP) is 2.92. The first-order valence-electron chi connectivity index (χ1n) is 2.24. The van der Waals surface area contributed by atoms with Gasteiger partial charge in [-0.1, -0.05) is 23.8 Å². The molecule has 2 heteroatoms. The zero-order valence-corrected chi connectivity index (χ0v) is 6.26. The van der Waals surface area contributed by atoms with Gasteiger partial charge in [0.25, 0.3) is 0 Å². The van der Waals surface area contributed by atoms with Crippen LogP contribution in [0.2, 0.25) is 0 Å². The first-order chi connectivity index (χ1) is 3.66. The minimum atomic E-state index is 0.520. The van der Waals surface area contributed by atoms with Crippen LogP contribution in [0.15, 0.2) is 23.3 Å². The summed E-state index contributed by atoms with van der Waals surface area (Å²) in [5.74, 6) is 0.520. The highest BCUT2D eigenvalue weighted by Gasteiger charge is 1.83. The van der Waals surface area contributed by atoms with Crippen LogP contribution in [0.5, 0.6) is 0 Å². The van der Waals surface area contributed by atoms with Crippen LogP contribution in [0.1, 0.15) is 6.92 Å². The molecule has 0 nitrogen and oxygen atoms in total. The van der Waals surface area contributed by atoms with Crippen molar-refractivity contribution in [2.75, 3.05) is 5.88 Å². The molecule has 0 aromatic rings. The lowest BCUT2D eigenvalue weighted by Gasteiger charge is -1.88. The number of allylic oxidation sites excluding steroid dienone is 3. The Bertz CT molecular complexity index is 114. The highest BCUT2D eigenvalue weighted by Crippen LogP contribution is 2.04. The Balaban J connectivity index is 3.75. The van der Waals surface area contributed by atoms with Gasteiger partial charge in [0.05, 0.1) is 0 Å². The summed E-state index contributed by atoms with van der Waals surface area (Å²) in [6.45, 7) is 5.38. The molecule has 0 rings (SSSR count). The molecule has 0 spiro atoms. The van der Waals surface area contributed by atoms with Gasteiger partial charge in [-0.25, -0.2) is 0 Å². The van der Waals surface area contributed by atoms with Crippen molar-refractivity contribution in [1.29, 1.82) is 0 Å². The highest BCUT2D eigenvalue weighted by molar-refractivity contribution is 6.31. The van der Waals surface area contributed by atoms with E-state index in [1.165, 1.54) is 0 Å². The van der Waals surface area contributed by atoms with Crippen LogP contribution in [-0.4, -0.2) is 5.88 Å². The second-order valence-corrected chi connectivity index (χ2v) is 2.32. The first-order valence-corrected chi connectivity index (χ1v) is 3.15. The summed E-state index contributed by atoms with van der Waals surface area (Å²) in [6, 6.07) is 0. The van der Waals surface area contributed by atoms with Crippen molar-refractivity contribution in [3.05, 3.63) is 23.3 Å². The maximum atomic E-state index is 5.43. The normalized spacial score (nSPS) is 11.6. The topological polar surface area (TPSA) is 0 Å². The average Bonchev–Trinajstić information content (AvgIpc) is 1.65. The fourth-order valence-corrected chi connectivity index (χ4v) is 0.569. The molecule has 0 atom stereocenters. The summed E-state index contributed by atoms with van der Waals surface area (Å²) in [5, 5.41) is 0.531. The molecule has 0 aliphatic carbocycles. The highest BCUT2D eigenvalue weighted by atomic mass is 35.5. The van der Waals surface area contributed by atoms with Gasteiger partial charge in [-0.15, -0.1) is 11.6 Å². The van der Waals surface area contributed by atoms with Crippen LogP contribution in [-0.2, 0) is 0 Å². The molecule has 0 bridgehead atoms. The molecule has 0 N–H and O–H groups in total. The smallest absolute Gasteiger partial charge is 0.0434 e. The van der Waals surface area contributed by atoms with E-state index in [0.717, 1.165) is 5.57 Å². The SMILES string of the molecule is C=C(Cl)/C=C(\C)CCl. The molecule has 0 saturated heterocycles. The van der Waals surface area contributed by atoms with Crippen molar-refractivity contribution in [1.82, 2.24) is 0 Å². The second-order valence-electron chi connectivity index (χ2n) is 1.57. The summed E-state index contributed by atoms with van der Waals surface area (Å²) >= 11 is 10.8. The fourth-order valence-electron chi connectivity index (χ4n) is 0.306. The zero-order chi connectivity index (χ0) is 6.57. The Hall–Kier alpha value is 0.0600. The molecule has 0 saturated carbocycles. The van der Waals surface area contributed by atoms with Gasteiger partial charge in [0.1, 0.15) is 0 Å². The van der Waals surface area contributed by atoms with Gasteiger partial charge >= 0.3 is 0 Å². The molecular formula is C6H8Cl2. The summed E-state index contributed by atoms with van der Waals surface area (Å²) < 4.78 is 0. The third kappa shape index (κ3) is 4.23. The lowest BCUT2D eigenvalue weighted by atomic mass is 10.3. The monoisotopic (exact) mass is 150 g/mol. The standard InChI is InChI=1S/C6H8Cl2/c1-5(4-7)3-6(2)8/h3H,2,4H2,1H3/b5-3+. The molecule has 0 heterocycles. The third-order valence-electron chi connectivity index (χ3n) is 0.614. The Morgan fingerprint density at radius 1 is 1.75 bits per heavy atom. The summed E-state index contributed by atoms with van der Waals surface area (Å²) in [6.07, 6.45) is 1.74. The molecule has 0 unspecified atom stereocenters. The van der Waals surface area contributed by atoms with Crippen LogP contribution in [0.4, 0.5) is 0 Å². The van der Waals surface area contributed by atoms with Crippen LogP contribution >= 0.6 is 23.2 Å². The van der Waals surface area contributed by atoms with Crippen molar-refractivity contribution in [2.45, 2.75) is 6.92 Å². The van der Waals surface area contributed by atoms with Crippen LogP contribution in [0.25, 0.3) is 0 Å². The molecule has 0 aliphatic rings. The lowest BCUT2D eigenvalue weighted by molar-refractivity contribution is 1.40. The van der Waals surface area contributed by atoms with E-state index >= 15 is 0 Å². The van der Waals surface area contributed by atoms with E-state index in [1.54, 1.807) is 6.08 Å². The first kappa shape index (κ1) is 8.06. The molecule has 8 heavy (non-hydrogen) atoms. The number of halogens is 2. The maximum absolute atomic E-state index is 5.43. The molecule has 0 aromatic heterocycles. The summed E-state index contributed by atoms with van der Waals surface area (Å²) in [5.41, 5.74) is 1.03. The van der Waals surface area contributed by atoms with E-state index in [-0.39, 0.29) is 0 Å². The van der Waals surface area contributed by atoms with Crippen molar-refractivity contribution in [3.8, 4) is 0 Å². The number of hydrogen-bond donors (Lipinski definition) is 0. The molecular weight excluding hydrogens is 143 g/mol. The molecule has 0 aromatic carbocycles. The third-order valence-corrected chi connectivity index (χ3v) is 1.14. The summed E-state index contributed by atoms with van der Waals surface area (Å²) in [4.78, 5) is 0. The number of alkyl halides is 1. The van der Waals surface area contributed by atoms with Crippen molar-refractivity contribution in [3.63, 3.8) is 0 Å². The van der Waals surface area contributed by atoms with Crippen LogP contribution in [0, 0.1) is 0 Å². The van der Waals surface area contributed by atoms with Crippen molar-refractivity contribution in [2.24, 2.45) is 0 Å².